The van der Waals surface area contributed by atoms with Gasteiger partial charge in [-0.1, -0.05) is 12.8 Å². The molecule has 0 atom stereocenters. The van der Waals surface area contributed by atoms with E-state index in [1.165, 1.54) is 0 Å². The summed E-state index contributed by atoms with van der Waals surface area (Å²) in [6, 6.07) is 0. The summed E-state index contributed by atoms with van der Waals surface area (Å²) in [5.41, 5.74) is 6.68. The van der Waals surface area contributed by atoms with Crippen molar-refractivity contribution in [1.29, 1.82) is 0 Å². The van der Waals surface area contributed by atoms with E-state index in [2.05, 4.69) is 5.32 Å². The van der Waals surface area contributed by atoms with E-state index in [9.17, 15) is 9.59 Å². The van der Waals surface area contributed by atoms with E-state index in [1.54, 1.807) is 0 Å². The van der Waals surface area contributed by atoms with Gasteiger partial charge in [0.1, 0.15) is 0 Å². The van der Waals surface area contributed by atoms with Crippen molar-refractivity contribution in [3.63, 3.8) is 0 Å². The zero-order valence-corrected chi connectivity index (χ0v) is 12.3. The molecule has 0 aliphatic heterocycles. The molecule has 0 aliphatic rings. The number of hydrogen-bond donors (Lipinski definition) is 2. The Morgan fingerprint density at radius 3 is 2.12 bits per heavy atom. The molecule has 1 radical (unpaired) electrons. The second-order valence-electron chi connectivity index (χ2n) is 3.41. The summed E-state index contributed by atoms with van der Waals surface area (Å²) in [7, 11) is 0. The Morgan fingerprint density at radius 1 is 1.06 bits per heavy atom. The Hall–Kier alpha value is 0.00390. The van der Waals surface area contributed by atoms with Gasteiger partial charge in [-0.05, 0) is 19.3 Å². The van der Waals surface area contributed by atoms with Crippen molar-refractivity contribution in [3.05, 3.63) is 5.73 Å². The smallest absolute Gasteiger partial charge is 0.220 e. The number of aliphatic hydroxyl groups excluding tert-OH is 1. The SMILES string of the molecule is [NH-]C(=O)CCCCCCC(=O)NCCO.[Y]. The summed E-state index contributed by atoms with van der Waals surface area (Å²) in [5.74, 6) is -0.559. The number of carbonyl (C=O) groups is 2. The molecule has 0 spiro atoms. The molecule has 6 heteroatoms. The van der Waals surface area contributed by atoms with Gasteiger partial charge in [0.05, 0.1) is 6.61 Å². The number of hydrogen-bond acceptors (Lipinski definition) is 3. The summed E-state index contributed by atoms with van der Waals surface area (Å²) < 4.78 is 0. The summed E-state index contributed by atoms with van der Waals surface area (Å²) >= 11 is 0. The number of nitrogens with one attached hydrogen (secondary N) is 2. The number of carbonyl (C=O) groups excluding carboxylic acids is 2. The average molecular weight is 304 g/mol. The van der Waals surface area contributed by atoms with Crippen molar-refractivity contribution in [2.45, 2.75) is 38.5 Å². The predicted octanol–water partition coefficient (Wildman–Crippen LogP) is 1.01. The molecule has 0 aromatic rings. The first kappa shape index (κ1) is 18.4. The normalized spacial score (nSPS) is 9.31. The zero-order valence-electron chi connectivity index (χ0n) is 9.50. The van der Waals surface area contributed by atoms with Gasteiger partial charge in [0.25, 0.3) is 0 Å². The Balaban J connectivity index is 0. The fourth-order valence-electron chi connectivity index (χ4n) is 1.21. The molecule has 16 heavy (non-hydrogen) atoms. The summed E-state index contributed by atoms with van der Waals surface area (Å²) in [6.45, 7) is 0.281. The molecule has 0 saturated carbocycles. The second kappa shape index (κ2) is 13.1. The summed E-state index contributed by atoms with van der Waals surface area (Å²) in [5, 5.41) is 11.0. The van der Waals surface area contributed by atoms with Gasteiger partial charge in [0.15, 0.2) is 0 Å². The third kappa shape index (κ3) is 14.0. The van der Waals surface area contributed by atoms with Crippen LogP contribution in [0.3, 0.4) is 0 Å². The minimum absolute atomic E-state index is 0. The van der Waals surface area contributed by atoms with E-state index in [0.29, 0.717) is 19.4 Å². The van der Waals surface area contributed by atoms with Crippen LogP contribution < -0.4 is 5.32 Å². The van der Waals surface area contributed by atoms with E-state index in [1.807, 2.05) is 0 Å². The predicted molar refractivity (Wildman–Crippen MR) is 57.1 cm³/mol. The first-order valence-corrected chi connectivity index (χ1v) is 5.29. The number of rotatable bonds is 9. The third-order valence-corrected chi connectivity index (χ3v) is 1.99. The van der Waals surface area contributed by atoms with E-state index >= 15 is 0 Å². The van der Waals surface area contributed by atoms with Crippen LogP contribution in [0.4, 0.5) is 0 Å². The Bertz CT molecular complexity index is 201. The Labute approximate surface area is 121 Å². The van der Waals surface area contributed by atoms with Crippen molar-refractivity contribution in [2.75, 3.05) is 13.2 Å². The monoisotopic (exact) mass is 304 g/mol. The van der Waals surface area contributed by atoms with Crippen molar-refractivity contribution < 1.29 is 47.4 Å². The van der Waals surface area contributed by atoms with Crippen LogP contribution in [0.15, 0.2) is 0 Å². The van der Waals surface area contributed by atoms with Crippen molar-refractivity contribution in [2.24, 2.45) is 0 Å². The standard InChI is InChI=1S/C10H20N2O3.Y/c11-9(14)5-3-1-2-4-6-10(15)12-7-8-13;/h13H,1-8H2,(H3,11,12,14,15);/p-1. The van der Waals surface area contributed by atoms with Gasteiger partial charge in [-0.3, -0.25) is 4.79 Å². The minimum atomic E-state index is -0.518. The van der Waals surface area contributed by atoms with Crippen LogP contribution in [0.2, 0.25) is 0 Å². The largest absolute Gasteiger partial charge is 0.668 e. The molecule has 0 aromatic heterocycles. The maximum absolute atomic E-state index is 11.0. The maximum atomic E-state index is 11.0. The molecule has 0 bridgehead atoms. The first-order chi connectivity index (χ1) is 7.16. The fourth-order valence-corrected chi connectivity index (χ4v) is 1.21. The van der Waals surface area contributed by atoms with Crippen LogP contribution in [-0.2, 0) is 42.3 Å². The Morgan fingerprint density at radius 2 is 1.62 bits per heavy atom. The van der Waals surface area contributed by atoms with Gasteiger partial charge < -0.3 is 21.0 Å². The molecule has 0 saturated heterocycles. The van der Waals surface area contributed by atoms with E-state index in [-0.39, 0.29) is 45.2 Å². The molecule has 0 aliphatic carbocycles. The molecule has 91 valence electrons. The second-order valence-corrected chi connectivity index (χ2v) is 3.41. The number of unbranched alkanes of at least 4 members (excludes halogenated alkanes) is 3. The van der Waals surface area contributed by atoms with Crippen molar-refractivity contribution in [3.8, 4) is 0 Å². The van der Waals surface area contributed by atoms with Gasteiger partial charge in [0.2, 0.25) is 5.91 Å². The van der Waals surface area contributed by atoms with Crippen LogP contribution in [0, 0.1) is 0 Å². The molecule has 0 rings (SSSR count). The molecular weight excluding hydrogens is 285 g/mol. The summed E-state index contributed by atoms with van der Waals surface area (Å²) in [6.07, 6.45) is 4.10. The van der Waals surface area contributed by atoms with Gasteiger partial charge in [0, 0.05) is 51.6 Å². The van der Waals surface area contributed by atoms with E-state index < -0.39 is 5.91 Å². The number of aliphatic hydroxyl groups is 1. The van der Waals surface area contributed by atoms with Gasteiger partial charge in [-0.2, -0.15) is 0 Å². The molecule has 0 aromatic carbocycles. The average Bonchev–Trinajstić information content (AvgIpc) is 2.19. The minimum Gasteiger partial charge on any atom is -0.668 e. The fraction of sp³-hybridized carbons (Fsp3) is 0.800. The van der Waals surface area contributed by atoms with Crippen molar-refractivity contribution in [1.82, 2.24) is 5.32 Å². The zero-order chi connectivity index (χ0) is 11.5. The van der Waals surface area contributed by atoms with E-state index in [0.717, 1.165) is 25.7 Å². The van der Waals surface area contributed by atoms with Gasteiger partial charge in [-0.25, -0.2) is 0 Å². The van der Waals surface area contributed by atoms with Crippen LogP contribution in [-0.4, -0.2) is 30.1 Å². The summed E-state index contributed by atoms with van der Waals surface area (Å²) in [4.78, 5) is 21.3. The van der Waals surface area contributed by atoms with Crippen molar-refractivity contribution >= 4 is 11.8 Å². The van der Waals surface area contributed by atoms with Crippen LogP contribution in [0.1, 0.15) is 38.5 Å². The van der Waals surface area contributed by atoms with Crippen LogP contribution in [0.5, 0.6) is 0 Å². The molecular formula is C10H19N2O3Y-. The molecule has 0 unspecified atom stereocenters. The van der Waals surface area contributed by atoms with Crippen LogP contribution >= 0.6 is 0 Å². The topological polar surface area (TPSA) is 90.2 Å². The molecule has 5 nitrogen and oxygen atoms in total. The van der Waals surface area contributed by atoms with E-state index in [4.69, 9.17) is 10.8 Å². The van der Waals surface area contributed by atoms with Crippen LogP contribution in [0.25, 0.3) is 5.73 Å². The third-order valence-electron chi connectivity index (χ3n) is 1.99. The quantitative estimate of drug-likeness (QED) is 0.623. The van der Waals surface area contributed by atoms with Gasteiger partial charge >= 0.3 is 0 Å². The maximum Gasteiger partial charge on any atom is 0.220 e. The molecule has 0 fully saturated rings. The Kier molecular flexibility index (Phi) is 15.0. The molecule has 3 N–H and O–H groups in total. The number of amides is 2. The van der Waals surface area contributed by atoms with Gasteiger partial charge in [-0.15, -0.1) is 0 Å². The molecule has 0 heterocycles. The molecule has 2 amide bonds. The first-order valence-electron chi connectivity index (χ1n) is 5.29.